The highest BCUT2D eigenvalue weighted by Crippen LogP contribution is 2.17. The molecule has 1 amide bonds. The zero-order valence-corrected chi connectivity index (χ0v) is 13.1. The van der Waals surface area contributed by atoms with Gasteiger partial charge in [-0.1, -0.05) is 18.2 Å². The van der Waals surface area contributed by atoms with Crippen molar-refractivity contribution in [2.45, 2.75) is 11.8 Å². The van der Waals surface area contributed by atoms with Crippen molar-refractivity contribution >= 4 is 21.9 Å². The maximum absolute atomic E-state index is 12.4. The van der Waals surface area contributed by atoms with Crippen LogP contribution in [0.4, 0.5) is 0 Å². The van der Waals surface area contributed by atoms with Gasteiger partial charge in [0.1, 0.15) is 6.54 Å². The Hall–Kier alpha value is -1.93. The van der Waals surface area contributed by atoms with E-state index in [2.05, 4.69) is 0 Å². The minimum atomic E-state index is -3.69. The molecule has 1 aliphatic rings. The second kappa shape index (κ2) is 6.89. The van der Waals surface area contributed by atoms with Gasteiger partial charge in [0.25, 0.3) is 0 Å². The van der Waals surface area contributed by atoms with Crippen LogP contribution in [0.2, 0.25) is 0 Å². The largest absolute Gasteiger partial charge is 0.465 e. The highest BCUT2D eigenvalue weighted by molar-refractivity contribution is 7.89. The molecule has 0 spiro atoms. The predicted octanol–water partition coefficient (Wildman–Crippen LogP) is 0.0826. The van der Waals surface area contributed by atoms with E-state index in [1.807, 2.05) is 0 Å². The summed E-state index contributed by atoms with van der Waals surface area (Å²) in [6, 6.07) is 7.97. The predicted molar refractivity (Wildman–Crippen MR) is 78.4 cm³/mol. The van der Waals surface area contributed by atoms with Crippen molar-refractivity contribution in [2.75, 3.05) is 32.8 Å². The summed E-state index contributed by atoms with van der Waals surface area (Å²) in [6.45, 7) is 1.84. The Labute approximate surface area is 129 Å². The summed E-state index contributed by atoms with van der Waals surface area (Å²) in [4.78, 5) is 24.9. The molecule has 120 valence electrons. The molecule has 0 unspecified atom stereocenters. The van der Waals surface area contributed by atoms with Gasteiger partial charge in [0.05, 0.1) is 18.0 Å². The van der Waals surface area contributed by atoms with Gasteiger partial charge in [0.15, 0.2) is 0 Å². The molecular weight excluding hydrogens is 308 g/mol. The van der Waals surface area contributed by atoms with Crippen molar-refractivity contribution in [3.63, 3.8) is 0 Å². The van der Waals surface area contributed by atoms with Crippen LogP contribution in [-0.2, 0) is 24.3 Å². The monoisotopic (exact) mass is 326 g/mol. The van der Waals surface area contributed by atoms with Crippen molar-refractivity contribution in [1.29, 1.82) is 0 Å². The van der Waals surface area contributed by atoms with Crippen LogP contribution in [0.3, 0.4) is 0 Å². The fourth-order valence-corrected chi connectivity index (χ4v) is 3.56. The topological polar surface area (TPSA) is 84.0 Å². The molecular formula is C14H18N2O5S. The minimum absolute atomic E-state index is 0.147. The quantitative estimate of drug-likeness (QED) is 0.716. The number of hydrogen-bond donors (Lipinski definition) is 0. The van der Waals surface area contributed by atoms with Gasteiger partial charge in [0, 0.05) is 13.1 Å². The van der Waals surface area contributed by atoms with Gasteiger partial charge in [-0.25, -0.2) is 8.42 Å². The maximum Gasteiger partial charge on any atom is 0.325 e. The lowest BCUT2D eigenvalue weighted by Gasteiger charge is -2.32. The first kappa shape index (κ1) is 16.4. The Balaban J connectivity index is 2.04. The van der Waals surface area contributed by atoms with Crippen LogP contribution < -0.4 is 0 Å². The van der Waals surface area contributed by atoms with Crippen LogP contribution in [0.25, 0.3) is 0 Å². The molecule has 0 atom stereocenters. The van der Waals surface area contributed by atoms with E-state index in [0.29, 0.717) is 0 Å². The molecule has 0 N–H and O–H groups in total. The lowest BCUT2D eigenvalue weighted by Crippen LogP contribution is -2.53. The van der Waals surface area contributed by atoms with Crippen molar-refractivity contribution < 1.29 is 22.7 Å². The summed E-state index contributed by atoms with van der Waals surface area (Å²) >= 11 is 0. The number of benzene rings is 1. The second-order valence-corrected chi connectivity index (χ2v) is 6.71. The molecule has 1 aromatic carbocycles. The number of esters is 1. The molecule has 22 heavy (non-hydrogen) atoms. The highest BCUT2D eigenvalue weighted by Gasteiger charge is 2.33. The van der Waals surface area contributed by atoms with Crippen molar-refractivity contribution in [2.24, 2.45) is 0 Å². The lowest BCUT2D eigenvalue weighted by atomic mass is 10.3. The molecule has 1 fully saturated rings. The Morgan fingerprint density at radius 1 is 1.23 bits per heavy atom. The fourth-order valence-electron chi connectivity index (χ4n) is 2.16. The van der Waals surface area contributed by atoms with Crippen molar-refractivity contribution in [3.05, 3.63) is 30.3 Å². The van der Waals surface area contributed by atoms with E-state index in [9.17, 15) is 18.0 Å². The molecule has 0 bridgehead atoms. The van der Waals surface area contributed by atoms with Gasteiger partial charge >= 0.3 is 5.97 Å². The molecule has 1 aromatic rings. The molecule has 7 nitrogen and oxygen atoms in total. The Bertz CT molecular complexity index is 644. The van der Waals surface area contributed by atoms with Gasteiger partial charge < -0.3 is 9.64 Å². The third-order valence-corrected chi connectivity index (χ3v) is 5.15. The van der Waals surface area contributed by atoms with Crippen molar-refractivity contribution in [1.82, 2.24) is 9.21 Å². The van der Waals surface area contributed by atoms with E-state index in [1.165, 1.54) is 17.0 Å². The van der Waals surface area contributed by atoms with Crippen LogP contribution in [0.5, 0.6) is 0 Å². The third-order valence-electron chi connectivity index (χ3n) is 3.29. The zero-order chi connectivity index (χ0) is 16.2. The molecule has 0 aromatic heterocycles. The Kier molecular flexibility index (Phi) is 5.15. The summed E-state index contributed by atoms with van der Waals surface area (Å²) in [5.74, 6) is -0.894. The molecule has 0 saturated carbocycles. The number of ether oxygens (including phenoxy) is 1. The van der Waals surface area contributed by atoms with E-state index in [-0.39, 0.29) is 37.7 Å². The van der Waals surface area contributed by atoms with Crippen molar-refractivity contribution in [3.8, 4) is 0 Å². The zero-order valence-electron chi connectivity index (χ0n) is 12.3. The summed E-state index contributed by atoms with van der Waals surface area (Å²) in [7, 11) is -3.69. The van der Waals surface area contributed by atoms with E-state index in [4.69, 9.17) is 4.74 Å². The van der Waals surface area contributed by atoms with Crippen LogP contribution in [0.15, 0.2) is 35.2 Å². The molecule has 1 aliphatic heterocycles. The number of sulfonamides is 1. The SMILES string of the molecule is CCOC(=O)CN1CCN(S(=O)(=O)c2ccccc2)CC1=O. The van der Waals surface area contributed by atoms with E-state index >= 15 is 0 Å². The van der Waals surface area contributed by atoms with Gasteiger partial charge in [-0.2, -0.15) is 4.31 Å². The summed E-state index contributed by atoms with van der Waals surface area (Å²) in [5, 5.41) is 0. The van der Waals surface area contributed by atoms with Crippen LogP contribution in [-0.4, -0.2) is 62.3 Å². The van der Waals surface area contributed by atoms with E-state index in [1.54, 1.807) is 25.1 Å². The Morgan fingerprint density at radius 3 is 2.50 bits per heavy atom. The van der Waals surface area contributed by atoms with Crippen LogP contribution >= 0.6 is 0 Å². The first-order valence-electron chi connectivity index (χ1n) is 6.93. The maximum atomic E-state index is 12.4. The van der Waals surface area contributed by atoms with Gasteiger partial charge in [-0.05, 0) is 19.1 Å². The number of nitrogens with zero attached hydrogens (tertiary/aromatic N) is 2. The van der Waals surface area contributed by atoms with E-state index < -0.39 is 21.9 Å². The molecule has 1 heterocycles. The van der Waals surface area contributed by atoms with E-state index in [0.717, 1.165) is 4.31 Å². The minimum Gasteiger partial charge on any atom is -0.465 e. The number of amides is 1. The third kappa shape index (κ3) is 3.63. The first-order valence-corrected chi connectivity index (χ1v) is 8.37. The first-order chi connectivity index (χ1) is 10.4. The second-order valence-electron chi connectivity index (χ2n) is 4.77. The number of hydrogen-bond acceptors (Lipinski definition) is 5. The average Bonchev–Trinajstić information content (AvgIpc) is 2.50. The van der Waals surface area contributed by atoms with Gasteiger partial charge in [0.2, 0.25) is 15.9 Å². The standard InChI is InChI=1S/C14H18N2O5S/c1-2-21-14(18)11-15-8-9-16(10-13(15)17)22(19,20)12-6-4-3-5-7-12/h3-7H,2,8-11H2,1H3. The van der Waals surface area contributed by atoms with Crippen LogP contribution in [0, 0.1) is 0 Å². The number of piperazine rings is 1. The molecule has 8 heteroatoms. The fraction of sp³-hybridized carbons (Fsp3) is 0.429. The summed E-state index contributed by atoms with van der Waals surface area (Å²) < 4.78 is 30.8. The van der Waals surface area contributed by atoms with Crippen LogP contribution in [0.1, 0.15) is 6.92 Å². The molecule has 0 aliphatic carbocycles. The van der Waals surface area contributed by atoms with Gasteiger partial charge in [-0.3, -0.25) is 9.59 Å². The normalized spacial score (nSPS) is 16.6. The number of carbonyl (C=O) groups excluding carboxylic acids is 2. The number of carbonyl (C=O) groups is 2. The summed E-state index contributed by atoms with van der Waals surface area (Å²) in [6.07, 6.45) is 0. The molecule has 1 saturated heterocycles. The lowest BCUT2D eigenvalue weighted by molar-refractivity contribution is -0.150. The number of rotatable bonds is 5. The Morgan fingerprint density at radius 2 is 1.91 bits per heavy atom. The smallest absolute Gasteiger partial charge is 0.325 e. The highest BCUT2D eigenvalue weighted by atomic mass is 32.2. The van der Waals surface area contributed by atoms with Gasteiger partial charge in [-0.15, -0.1) is 0 Å². The average molecular weight is 326 g/mol. The summed E-state index contributed by atoms with van der Waals surface area (Å²) in [5.41, 5.74) is 0. The molecule has 0 radical (unpaired) electrons. The molecule has 2 rings (SSSR count).